The summed E-state index contributed by atoms with van der Waals surface area (Å²) < 4.78 is 0. The minimum atomic E-state index is -0.196. The Morgan fingerprint density at radius 3 is 2.75 bits per heavy atom. The van der Waals surface area contributed by atoms with Crippen molar-refractivity contribution in [2.45, 2.75) is 57.5 Å². The van der Waals surface area contributed by atoms with Gasteiger partial charge >= 0.3 is 0 Å². The summed E-state index contributed by atoms with van der Waals surface area (Å²) in [5.74, 6) is 0.670. The van der Waals surface area contributed by atoms with E-state index in [1.165, 1.54) is 0 Å². The maximum Gasteiger partial charge on any atom is 0.240 e. The molecule has 3 rings (SSSR count). The quantitative estimate of drug-likeness (QED) is 0.928. The summed E-state index contributed by atoms with van der Waals surface area (Å²) in [5.41, 5.74) is 0.929. The number of nitrogens with one attached hydrogen (secondary N) is 1. The lowest BCUT2D eigenvalue weighted by atomic mass is 9.93. The molecule has 0 bridgehead atoms. The molecular weight excluding hydrogens is 270 g/mol. The molecule has 3 heterocycles. The summed E-state index contributed by atoms with van der Waals surface area (Å²) in [6.45, 7) is 7.03. The van der Waals surface area contributed by atoms with Gasteiger partial charge in [0.15, 0.2) is 0 Å². The van der Waals surface area contributed by atoms with Crippen LogP contribution in [0.5, 0.6) is 0 Å². The number of carbonyl (C=O) groups excluding carboxylic acids is 1. The van der Waals surface area contributed by atoms with Crippen LogP contribution in [-0.2, 0) is 11.3 Å². The molecule has 0 unspecified atom stereocenters. The van der Waals surface area contributed by atoms with E-state index in [0.29, 0.717) is 12.5 Å². The molecule has 20 heavy (non-hydrogen) atoms. The average molecular weight is 293 g/mol. The standard InChI is InChI=1S/C15H23N3OS/c1-11(2)12-10-20-13(17-12)9-16-14(19)15-5-3-7-18(15)8-4-6-15/h10-11H,3-9H2,1-2H3,(H,16,19). The van der Waals surface area contributed by atoms with Crippen molar-refractivity contribution < 1.29 is 4.79 Å². The van der Waals surface area contributed by atoms with Crippen LogP contribution in [0, 0.1) is 0 Å². The Balaban J connectivity index is 1.61. The highest BCUT2D eigenvalue weighted by Gasteiger charge is 2.49. The van der Waals surface area contributed by atoms with E-state index in [1.54, 1.807) is 11.3 Å². The van der Waals surface area contributed by atoms with Crippen molar-refractivity contribution in [2.24, 2.45) is 0 Å². The highest BCUT2D eigenvalue weighted by molar-refractivity contribution is 7.09. The van der Waals surface area contributed by atoms with Crippen LogP contribution in [0.3, 0.4) is 0 Å². The van der Waals surface area contributed by atoms with Crippen molar-refractivity contribution in [3.8, 4) is 0 Å². The monoisotopic (exact) mass is 293 g/mol. The number of rotatable bonds is 4. The molecule has 1 aromatic rings. The van der Waals surface area contributed by atoms with E-state index >= 15 is 0 Å². The molecule has 4 nitrogen and oxygen atoms in total. The number of thiazole rings is 1. The lowest BCUT2D eigenvalue weighted by Crippen LogP contribution is -2.51. The van der Waals surface area contributed by atoms with Gasteiger partial charge in [-0.25, -0.2) is 4.98 Å². The Morgan fingerprint density at radius 1 is 1.45 bits per heavy atom. The second-order valence-electron chi connectivity index (χ2n) is 6.23. The van der Waals surface area contributed by atoms with Gasteiger partial charge in [-0.15, -0.1) is 11.3 Å². The van der Waals surface area contributed by atoms with Crippen LogP contribution in [0.2, 0.25) is 0 Å². The Morgan fingerprint density at radius 2 is 2.15 bits per heavy atom. The molecule has 0 atom stereocenters. The highest BCUT2D eigenvalue weighted by atomic mass is 32.1. The third-order valence-corrected chi connectivity index (χ3v) is 5.49. The molecule has 0 radical (unpaired) electrons. The number of carbonyl (C=O) groups is 1. The van der Waals surface area contributed by atoms with Gasteiger partial charge in [0.2, 0.25) is 5.91 Å². The maximum absolute atomic E-state index is 12.6. The molecule has 2 fully saturated rings. The fraction of sp³-hybridized carbons (Fsp3) is 0.733. The van der Waals surface area contributed by atoms with Crippen molar-refractivity contribution in [2.75, 3.05) is 13.1 Å². The van der Waals surface area contributed by atoms with Gasteiger partial charge in [0.25, 0.3) is 0 Å². The number of amides is 1. The fourth-order valence-corrected chi connectivity index (χ4v) is 4.36. The molecule has 0 spiro atoms. The van der Waals surface area contributed by atoms with Crippen molar-refractivity contribution in [3.05, 3.63) is 16.1 Å². The molecule has 1 N–H and O–H groups in total. The summed E-state index contributed by atoms with van der Waals surface area (Å²) >= 11 is 1.65. The van der Waals surface area contributed by atoms with Crippen LogP contribution in [0.15, 0.2) is 5.38 Å². The van der Waals surface area contributed by atoms with Crippen LogP contribution in [0.1, 0.15) is 56.2 Å². The largest absolute Gasteiger partial charge is 0.348 e. The molecular formula is C15H23N3OS. The van der Waals surface area contributed by atoms with Crippen molar-refractivity contribution in [1.82, 2.24) is 15.2 Å². The predicted octanol–water partition coefficient (Wildman–Crippen LogP) is 2.51. The lowest BCUT2D eigenvalue weighted by molar-refractivity contribution is -0.130. The number of hydrogen-bond donors (Lipinski definition) is 1. The van der Waals surface area contributed by atoms with E-state index < -0.39 is 0 Å². The first kappa shape index (κ1) is 14.0. The summed E-state index contributed by atoms with van der Waals surface area (Å²) in [6.07, 6.45) is 4.35. The zero-order chi connectivity index (χ0) is 14.2. The lowest BCUT2D eigenvalue weighted by Gasteiger charge is -2.30. The number of hydrogen-bond acceptors (Lipinski definition) is 4. The van der Waals surface area contributed by atoms with E-state index in [1.807, 2.05) is 0 Å². The molecule has 110 valence electrons. The van der Waals surface area contributed by atoms with Gasteiger partial charge in [-0.1, -0.05) is 13.8 Å². The third-order valence-electron chi connectivity index (χ3n) is 4.63. The van der Waals surface area contributed by atoms with Crippen LogP contribution in [-0.4, -0.2) is 34.4 Å². The molecule has 2 aliphatic rings. The minimum Gasteiger partial charge on any atom is -0.348 e. The number of fused-ring (bicyclic) bond motifs is 1. The average Bonchev–Trinajstić information content (AvgIpc) is 3.10. The Kier molecular flexibility index (Phi) is 3.82. The summed E-state index contributed by atoms with van der Waals surface area (Å²) in [4.78, 5) is 19.5. The van der Waals surface area contributed by atoms with Crippen LogP contribution in [0.4, 0.5) is 0 Å². The van der Waals surface area contributed by atoms with Crippen LogP contribution < -0.4 is 5.32 Å². The van der Waals surface area contributed by atoms with E-state index in [0.717, 1.165) is 49.5 Å². The molecule has 0 aliphatic carbocycles. The first-order valence-corrected chi connectivity index (χ1v) is 8.47. The van der Waals surface area contributed by atoms with E-state index in [4.69, 9.17) is 0 Å². The molecule has 5 heteroatoms. The molecule has 1 amide bonds. The zero-order valence-corrected chi connectivity index (χ0v) is 13.1. The topological polar surface area (TPSA) is 45.2 Å². The van der Waals surface area contributed by atoms with Crippen LogP contribution in [0.25, 0.3) is 0 Å². The number of aromatic nitrogens is 1. The summed E-state index contributed by atoms with van der Waals surface area (Å²) in [5, 5.41) is 6.24. The van der Waals surface area contributed by atoms with E-state index in [-0.39, 0.29) is 11.4 Å². The summed E-state index contributed by atoms with van der Waals surface area (Å²) in [7, 11) is 0. The normalized spacial score (nSPS) is 21.4. The molecule has 2 aliphatic heterocycles. The molecule has 0 aromatic carbocycles. The van der Waals surface area contributed by atoms with Gasteiger partial charge in [-0.05, 0) is 44.7 Å². The zero-order valence-electron chi connectivity index (χ0n) is 12.3. The van der Waals surface area contributed by atoms with Crippen molar-refractivity contribution in [1.29, 1.82) is 0 Å². The highest BCUT2D eigenvalue weighted by Crippen LogP contribution is 2.38. The minimum absolute atomic E-state index is 0.196. The van der Waals surface area contributed by atoms with Gasteiger partial charge in [0, 0.05) is 5.38 Å². The predicted molar refractivity (Wildman–Crippen MR) is 80.8 cm³/mol. The smallest absolute Gasteiger partial charge is 0.240 e. The summed E-state index contributed by atoms with van der Waals surface area (Å²) in [6, 6.07) is 0. The van der Waals surface area contributed by atoms with Crippen molar-refractivity contribution >= 4 is 17.2 Å². The number of nitrogens with zero attached hydrogens (tertiary/aromatic N) is 2. The second-order valence-corrected chi connectivity index (χ2v) is 7.17. The Bertz CT molecular complexity index is 487. The van der Waals surface area contributed by atoms with Gasteiger partial charge in [0.05, 0.1) is 12.2 Å². The Labute approximate surface area is 124 Å². The van der Waals surface area contributed by atoms with Crippen LogP contribution >= 0.6 is 11.3 Å². The van der Waals surface area contributed by atoms with E-state index in [2.05, 4.69) is 34.4 Å². The molecule has 2 saturated heterocycles. The van der Waals surface area contributed by atoms with Gasteiger partial charge in [-0.2, -0.15) is 0 Å². The van der Waals surface area contributed by atoms with Gasteiger partial charge in [0.1, 0.15) is 10.5 Å². The fourth-order valence-electron chi connectivity index (χ4n) is 3.47. The SMILES string of the molecule is CC(C)c1csc(CNC(=O)C23CCCN2CCC3)n1. The maximum atomic E-state index is 12.6. The van der Waals surface area contributed by atoms with E-state index in [9.17, 15) is 4.79 Å². The molecule has 0 saturated carbocycles. The van der Waals surface area contributed by atoms with Gasteiger partial charge < -0.3 is 5.32 Å². The Hall–Kier alpha value is -0.940. The first-order valence-electron chi connectivity index (χ1n) is 7.59. The second kappa shape index (κ2) is 5.45. The first-order chi connectivity index (χ1) is 9.62. The third kappa shape index (κ3) is 2.37. The van der Waals surface area contributed by atoms with Gasteiger partial charge in [-0.3, -0.25) is 9.69 Å². The molecule has 1 aromatic heterocycles. The van der Waals surface area contributed by atoms with Crippen molar-refractivity contribution in [3.63, 3.8) is 0 Å².